The minimum Gasteiger partial charge on any atom is -0.444 e. The molecule has 2 saturated heterocycles. The summed E-state index contributed by atoms with van der Waals surface area (Å²) in [6.45, 7) is 8.15. The minimum absolute atomic E-state index is 0.0462. The second-order valence-electron chi connectivity index (χ2n) is 11.3. The third-order valence-electron chi connectivity index (χ3n) is 7.35. The summed E-state index contributed by atoms with van der Waals surface area (Å²) in [6, 6.07) is 7.79. The van der Waals surface area contributed by atoms with E-state index in [-0.39, 0.29) is 36.9 Å². The Hall–Kier alpha value is -2.50. The lowest BCUT2D eigenvalue weighted by Gasteiger charge is -2.36. The Morgan fingerprint density at radius 1 is 1.11 bits per heavy atom. The van der Waals surface area contributed by atoms with Crippen LogP contribution in [0.5, 0.6) is 0 Å². The highest BCUT2D eigenvalue weighted by molar-refractivity contribution is 7.88. The molecule has 0 aliphatic carbocycles. The van der Waals surface area contributed by atoms with Crippen LogP contribution in [0.2, 0.25) is 0 Å². The van der Waals surface area contributed by atoms with Gasteiger partial charge < -0.3 is 15.4 Å². The van der Waals surface area contributed by atoms with Crippen LogP contribution in [0.3, 0.4) is 0 Å². The average Bonchev–Trinajstić information content (AvgIpc) is 3.20. The molecule has 0 saturated carbocycles. The first kappa shape index (κ1) is 29.1. The number of carbonyl (C=O) groups excluding carboxylic acids is 3. The van der Waals surface area contributed by atoms with Crippen molar-refractivity contribution < 1.29 is 32.0 Å². The number of hydrogen-bond donors (Lipinski definition) is 1. The molecule has 0 bridgehead atoms. The molecule has 11 heteroatoms. The Morgan fingerprint density at radius 2 is 1.73 bits per heavy atom. The maximum atomic E-state index is 13.6. The van der Waals surface area contributed by atoms with E-state index in [1.165, 1.54) is 4.31 Å². The number of primary amides is 1. The number of likely N-dealkylation sites (tertiary alicyclic amines) is 2. The van der Waals surface area contributed by atoms with E-state index in [4.69, 9.17) is 10.5 Å². The predicted molar refractivity (Wildman–Crippen MR) is 140 cm³/mol. The van der Waals surface area contributed by atoms with Gasteiger partial charge in [-0.2, -0.15) is 8.79 Å². The summed E-state index contributed by atoms with van der Waals surface area (Å²) in [5, 5.41) is 0. The number of benzene rings is 1. The van der Waals surface area contributed by atoms with Crippen LogP contribution in [-0.4, -0.2) is 84.5 Å². The van der Waals surface area contributed by atoms with Gasteiger partial charge in [-0.25, -0.2) is 22.8 Å². The van der Waals surface area contributed by atoms with Crippen molar-refractivity contribution in [3.8, 4) is 0 Å². The van der Waals surface area contributed by atoms with Crippen molar-refractivity contribution in [2.24, 2.45) is 11.7 Å². The molecule has 3 rings (SSSR count). The molecule has 0 radical (unpaired) electrons. The molecule has 1 unspecified atom stereocenters. The van der Waals surface area contributed by atoms with Gasteiger partial charge in [0.1, 0.15) is 18.2 Å². The molecule has 1 aromatic rings. The van der Waals surface area contributed by atoms with E-state index in [9.17, 15) is 22.8 Å². The summed E-state index contributed by atoms with van der Waals surface area (Å²) in [5.74, 6) is -0.778. The summed E-state index contributed by atoms with van der Waals surface area (Å²) in [4.78, 5) is 40.1. The maximum absolute atomic E-state index is 13.6. The molecule has 10 nitrogen and oxygen atoms in total. The van der Waals surface area contributed by atoms with E-state index in [0.29, 0.717) is 44.3 Å². The van der Waals surface area contributed by atoms with Crippen LogP contribution < -0.4 is 5.73 Å². The second-order valence-corrected chi connectivity index (χ2v) is 13.2. The summed E-state index contributed by atoms with van der Waals surface area (Å²) in [5.41, 5.74) is 5.72. The summed E-state index contributed by atoms with van der Waals surface area (Å²) in [7, 11) is -3.88. The number of amides is 4. The lowest BCUT2D eigenvalue weighted by molar-refractivity contribution is -0.783. The van der Waals surface area contributed by atoms with Crippen molar-refractivity contribution in [3.63, 3.8) is 0 Å². The van der Waals surface area contributed by atoms with Gasteiger partial charge in [-0.1, -0.05) is 30.3 Å². The zero-order valence-corrected chi connectivity index (χ0v) is 23.2. The lowest BCUT2D eigenvalue weighted by atomic mass is 9.97. The number of carbonyl (C=O) groups is 3. The molecule has 4 amide bonds. The fraction of sp³-hybridized carbons (Fsp3) is 0.654. The normalized spacial score (nSPS) is 23.3. The van der Waals surface area contributed by atoms with E-state index in [1.807, 2.05) is 33.8 Å². The van der Waals surface area contributed by atoms with E-state index in [0.717, 1.165) is 0 Å². The lowest BCUT2D eigenvalue weighted by Crippen LogP contribution is -2.64. The molecule has 0 spiro atoms. The van der Waals surface area contributed by atoms with Gasteiger partial charge in [-0.3, -0.25) is 0 Å². The van der Waals surface area contributed by atoms with Crippen LogP contribution in [0.25, 0.3) is 0 Å². The molecule has 2 aliphatic heterocycles. The Morgan fingerprint density at radius 3 is 2.24 bits per heavy atom. The van der Waals surface area contributed by atoms with Crippen LogP contribution in [0.15, 0.2) is 30.3 Å². The summed E-state index contributed by atoms with van der Waals surface area (Å²) < 4.78 is 33.3. The Labute approximate surface area is 220 Å². The van der Waals surface area contributed by atoms with Gasteiger partial charge in [-0.05, 0) is 52.0 Å². The van der Waals surface area contributed by atoms with E-state index < -0.39 is 38.6 Å². The smallest absolute Gasteiger partial charge is 0.421 e. The Balaban J connectivity index is 1.77. The fourth-order valence-corrected chi connectivity index (χ4v) is 6.78. The molecule has 1 aromatic carbocycles. The molecule has 206 valence electrons. The van der Waals surface area contributed by atoms with Crippen LogP contribution in [0, 0.1) is 5.92 Å². The third kappa shape index (κ3) is 7.08. The number of rotatable bonds is 7. The van der Waals surface area contributed by atoms with Gasteiger partial charge >= 0.3 is 18.0 Å². The number of ether oxygens (including phenoxy) is 1. The van der Waals surface area contributed by atoms with Crippen LogP contribution in [0.4, 0.5) is 9.59 Å². The van der Waals surface area contributed by atoms with Crippen molar-refractivity contribution in [2.75, 3.05) is 32.7 Å². The second kappa shape index (κ2) is 11.5. The van der Waals surface area contributed by atoms with Crippen LogP contribution >= 0.6 is 0 Å². The van der Waals surface area contributed by atoms with E-state index in [2.05, 4.69) is 0 Å². The number of nitrogens with two attached hydrogens (primary N) is 1. The zero-order valence-electron chi connectivity index (χ0n) is 22.4. The van der Waals surface area contributed by atoms with Gasteiger partial charge in [0, 0.05) is 32.5 Å². The monoisotopic (exact) mass is 537 g/mol. The Bertz CT molecular complexity index is 1080. The Kier molecular flexibility index (Phi) is 9.02. The number of sulfonamides is 1. The van der Waals surface area contributed by atoms with Crippen molar-refractivity contribution in [1.29, 1.82) is 0 Å². The highest BCUT2D eigenvalue weighted by Crippen LogP contribution is 2.29. The molecule has 2 atom stereocenters. The van der Waals surface area contributed by atoms with Crippen molar-refractivity contribution >= 4 is 28.1 Å². The number of urea groups is 1. The van der Waals surface area contributed by atoms with Gasteiger partial charge in [0.15, 0.2) is 0 Å². The van der Waals surface area contributed by atoms with Crippen LogP contribution in [-0.2, 0) is 25.3 Å². The topological polar surface area (TPSA) is 127 Å². The molecule has 37 heavy (non-hydrogen) atoms. The average molecular weight is 538 g/mol. The maximum Gasteiger partial charge on any atom is 0.421 e. The standard InChI is InChI=1S/C26H40N4O6S/c1-20-9-8-16-30(20,24(27)32)23(31)18-29(37(34,35)19-22-10-6-5-7-11-22)17-21-12-14-28(15-13-21)25(33)36-26(2,3)4/h5-7,10-11,20-21H,8-9,12-19H2,1-4H3,(H-,27,32)/p+1/t20-,30?/m1/s1. The molecular weight excluding hydrogens is 496 g/mol. The number of quaternary nitrogens is 1. The van der Waals surface area contributed by atoms with E-state index >= 15 is 0 Å². The van der Waals surface area contributed by atoms with Gasteiger partial charge in [0.25, 0.3) is 0 Å². The molecular formula is C26H41N4O6S+. The number of nitrogens with zero attached hydrogens (tertiary/aromatic N) is 3. The molecule has 2 heterocycles. The first-order chi connectivity index (χ1) is 17.2. The van der Waals surface area contributed by atoms with Crippen molar-refractivity contribution in [1.82, 2.24) is 9.21 Å². The van der Waals surface area contributed by atoms with E-state index in [1.54, 1.807) is 29.2 Å². The first-order valence-corrected chi connectivity index (χ1v) is 14.6. The number of hydrogen-bond acceptors (Lipinski definition) is 6. The fourth-order valence-electron chi connectivity index (χ4n) is 5.24. The summed E-state index contributed by atoms with van der Waals surface area (Å²) >= 11 is 0. The van der Waals surface area contributed by atoms with Crippen molar-refractivity contribution in [3.05, 3.63) is 35.9 Å². The number of piperidine rings is 1. The number of imide groups is 1. The van der Waals surface area contributed by atoms with Gasteiger partial charge in [0.05, 0.1) is 12.3 Å². The third-order valence-corrected chi connectivity index (χ3v) is 9.11. The largest absolute Gasteiger partial charge is 0.444 e. The highest BCUT2D eigenvalue weighted by Gasteiger charge is 2.52. The van der Waals surface area contributed by atoms with Crippen LogP contribution in [0.1, 0.15) is 58.9 Å². The highest BCUT2D eigenvalue weighted by atomic mass is 32.2. The minimum atomic E-state index is -3.88. The van der Waals surface area contributed by atoms with Gasteiger partial charge in [-0.15, -0.1) is 0 Å². The molecule has 2 aliphatic rings. The predicted octanol–water partition coefficient (Wildman–Crippen LogP) is 3.07. The SMILES string of the molecule is C[C@@H]1CCC[N+]1(C(N)=O)C(=O)CN(CC1CCN(C(=O)OC(C)(C)C)CC1)S(=O)(=O)Cc1ccccc1. The quantitative estimate of drug-likeness (QED) is 0.533. The molecule has 0 aromatic heterocycles. The summed E-state index contributed by atoms with van der Waals surface area (Å²) in [6.07, 6.45) is 2.13. The molecule has 2 fully saturated rings. The zero-order chi connectivity index (χ0) is 27.4. The van der Waals surface area contributed by atoms with Crippen molar-refractivity contribution in [2.45, 2.75) is 70.8 Å². The molecule has 2 N–H and O–H groups in total. The van der Waals surface area contributed by atoms with Gasteiger partial charge in [0.2, 0.25) is 10.0 Å². The first-order valence-electron chi connectivity index (χ1n) is 13.0.